The molecule has 0 aliphatic heterocycles. The van der Waals surface area contributed by atoms with Crippen molar-refractivity contribution in [2.45, 2.75) is 4.34 Å². The number of aromatic nitrogens is 2. The molecule has 0 aliphatic rings. The third kappa shape index (κ3) is 4.09. The van der Waals surface area contributed by atoms with E-state index in [1.807, 2.05) is 0 Å². The van der Waals surface area contributed by atoms with Gasteiger partial charge >= 0.3 is 0 Å². The van der Waals surface area contributed by atoms with Gasteiger partial charge in [0.05, 0.1) is 18.6 Å². The van der Waals surface area contributed by atoms with Crippen LogP contribution in [0.2, 0.25) is 5.02 Å². The van der Waals surface area contributed by atoms with Crippen molar-refractivity contribution in [2.75, 3.05) is 18.2 Å². The minimum absolute atomic E-state index is 0.152. The normalized spacial score (nSPS) is 10.2. The summed E-state index contributed by atoms with van der Waals surface area (Å²) in [4.78, 5) is 11.8. The number of thioether (sulfide) groups is 1. The van der Waals surface area contributed by atoms with Crippen molar-refractivity contribution in [3.63, 3.8) is 0 Å². The van der Waals surface area contributed by atoms with Crippen molar-refractivity contribution in [3.8, 4) is 5.75 Å². The van der Waals surface area contributed by atoms with Crippen LogP contribution in [0.25, 0.3) is 0 Å². The molecule has 0 saturated heterocycles. The second-order valence-electron chi connectivity index (χ2n) is 3.39. The zero-order valence-corrected chi connectivity index (χ0v) is 12.3. The highest BCUT2D eigenvalue weighted by atomic mass is 35.5. The van der Waals surface area contributed by atoms with Crippen LogP contribution in [0.3, 0.4) is 0 Å². The van der Waals surface area contributed by atoms with Crippen molar-refractivity contribution < 1.29 is 9.53 Å². The summed E-state index contributed by atoms with van der Waals surface area (Å²) in [6.45, 7) is 0. The summed E-state index contributed by atoms with van der Waals surface area (Å²) < 4.78 is 5.91. The van der Waals surface area contributed by atoms with Gasteiger partial charge in [-0.15, -0.1) is 10.2 Å². The fourth-order valence-electron chi connectivity index (χ4n) is 1.32. The summed E-state index contributed by atoms with van der Waals surface area (Å²) in [6.07, 6.45) is 0. The number of amides is 1. The Morgan fingerprint density at radius 1 is 1.58 bits per heavy atom. The molecule has 0 radical (unpaired) electrons. The lowest BCUT2D eigenvalue weighted by molar-refractivity contribution is -0.113. The quantitative estimate of drug-likeness (QED) is 0.859. The van der Waals surface area contributed by atoms with Gasteiger partial charge in [0.2, 0.25) is 5.91 Å². The summed E-state index contributed by atoms with van der Waals surface area (Å²) in [6, 6.07) is 5.05. The summed E-state index contributed by atoms with van der Waals surface area (Å²) in [5.41, 5.74) is 2.18. The predicted octanol–water partition coefficient (Wildman–Crippen LogP) is 2.93. The Hall–Kier alpha value is -1.31. The summed E-state index contributed by atoms with van der Waals surface area (Å²) in [5.74, 6) is 0.671. The van der Waals surface area contributed by atoms with E-state index in [4.69, 9.17) is 16.3 Å². The van der Waals surface area contributed by atoms with Crippen LogP contribution in [0.5, 0.6) is 5.75 Å². The largest absolute Gasteiger partial charge is 0.495 e. The van der Waals surface area contributed by atoms with Gasteiger partial charge in [-0.05, 0) is 18.2 Å². The first-order valence-electron chi connectivity index (χ1n) is 5.21. The highest BCUT2D eigenvalue weighted by Gasteiger charge is 2.09. The topological polar surface area (TPSA) is 64.1 Å². The molecule has 2 aromatic rings. The van der Waals surface area contributed by atoms with Gasteiger partial charge in [-0.1, -0.05) is 34.7 Å². The first-order chi connectivity index (χ1) is 9.19. The summed E-state index contributed by atoms with van der Waals surface area (Å²) in [7, 11) is 1.54. The molecule has 100 valence electrons. The van der Waals surface area contributed by atoms with Gasteiger partial charge in [0.25, 0.3) is 0 Å². The average Bonchev–Trinajstić information content (AvgIpc) is 2.90. The Bertz CT molecular complexity index is 563. The molecule has 1 N–H and O–H groups in total. The Morgan fingerprint density at radius 2 is 2.42 bits per heavy atom. The number of benzene rings is 1. The first-order valence-corrected chi connectivity index (χ1v) is 7.45. The van der Waals surface area contributed by atoms with E-state index in [1.54, 1.807) is 23.7 Å². The number of rotatable bonds is 5. The fourth-order valence-corrected chi connectivity index (χ4v) is 2.78. The van der Waals surface area contributed by atoms with Gasteiger partial charge in [0.15, 0.2) is 4.34 Å². The van der Waals surface area contributed by atoms with Crippen LogP contribution >= 0.6 is 34.7 Å². The van der Waals surface area contributed by atoms with Gasteiger partial charge in [-0.3, -0.25) is 4.79 Å². The number of hydrogen-bond donors (Lipinski definition) is 1. The van der Waals surface area contributed by atoms with Crippen LogP contribution in [-0.2, 0) is 4.79 Å². The SMILES string of the molecule is COc1ccc(Cl)cc1NC(=O)CSc1nncs1. The minimum Gasteiger partial charge on any atom is -0.495 e. The molecule has 1 heterocycles. The van der Waals surface area contributed by atoms with Crippen molar-refractivity contribution in [2.24, 2.45) is 0 Å². The molecular formula is C11H10ClN3O2S2. The van der Waals surface area contributed by atoms with Crippen molar-refractivity contribution in [1.29, 1.82) is 0 Å². The van der Waals surface area contributed by atoms with E-state index < -0.39 is 0 Å². The molecule has 5 nitrogen and oxygen atoms in total. The third-order valence-electron chi connectivity index (χ3n) is 2.10. The smallest absolute Gasteiger partial charge is 0.234 e. The van der Waals surface area contributed by atoms with E-state index in [0.29, 0.717) is 16.5 Å². The summed E-state index contributed by atoms with van der Waals surface area (Å²) in [5, 5.41) is 10.8. The Balaban J connectivity index is 1.96. The van der Waals surface area contributed by atoms with E-state index in [1.165, 1.54) is 30.2 Å². The third-order valence-corrected chi connectivity index (χ3v) is 4.20. The highest BCUT2D eigenvalue weighted by molar-refractivity contribution is 8.01. The van der Waals surface area contributed by atoms with Crippen LogP contribution in [0.15, 0.2) is 28.0 Å². The highest BCUT2D eigenvalue weighted by Crippen LogP contribution is 2.28. The maximum absolute atomic E-state index is 11.8. The lowest BCUT2D eigenvalue weighted by Crippen LogP contribution is -2.14. The van der Waals surface area contributed by atoms with Crippen LogP contribution in [0, 0.1) is 0 Å². The Morgan fingerprint density at radius 3 is 3.11 bits per heavy atom. The average molecular weight is 316 g/mol. The monoisotopic (exact) mass is 315 g/mol. The molecule has 0 fully saturated rings. The predicted molar refractivity (Wildman–Crippen MR) is 77.3 cm³/mol. The van der Waals surface area contributed by atoms with Gasteiger partial charge in [0.1, 0.15) is 11.3 Å². The number of halogens is 1. The number of nitrogens with one attached hydrogen (secondary N) is 1. The molecule has 2 rings (SSSR count). The van der Waals surface area contributed by atoms with Crippen molar-refractivity contribution >= 4 is 46.3 Å². The van der Waals surface area contributed by atoms with E-state index in [9.17, 15) is 4.79 Å². The number of hydrogen-bond acceptors (Lipinski definition) is 6. The van der Waals surface area contributed by atoms with Crippen LogP contribution < -0.4 is 10.1 Å². The van der Waals surface area contributed by atoms with Gasteiger partial charge in [-0.25, -0.2) is 0 Å². The Kier molecular flexibility index (Phi) is 5.00. The van der Waals surface area contributed by atoms with Crippen LogP contribution in [0.1, 0.15) is 0 Å². The van der Waals surface area contributed by atoms with E-state index in [2.05, 4.69) is 15.5 Å². The molecule has 1 aromatic heterocycles. The molecule has 0 bridgehead atoms. The van der Waals surface area contributed by atoms with E-state index >= 15 is 0 Å². The molecule has 0 atom stereocenters. The number of ether oxygens (including phenoxy) is 1. The molecule has 8 heteroatoms. The minimum atomic E-state index is -0.152. The van der Waals surface area contributed by atoms with Crippen LogP contribution in [0.4, 0.5) is 5.69 Å². The van der Waals surface area contributed by atoms with Gasteiger partial charge < -0.3 is 10.1 Å². The number of anilines is 1. The number of carbonyl (C=O) groups excluding carboxylic acids is 1. The lowest BCUT2D eigenvalue weighted by Gasteiger charge is -2.09. The number of methoxy groups -OCH3 is 1. The summed E-state index contributed by atoms with van der Waals surface area (Å²) >= 11 is 8.61. The fraction of sp³-hybridized carbons (Fsp3) is 0.182. The standard InChI is InChI=1S/C11H10ClN3O2S2/c1-17-9-3-2-7(12)4-8(9)14-10(16)5-18-11-15-13-6-19-11/h2-4,6H,5H2,1H3,(H,14,16). The number of nitrogens with zero attached hydrogens (tertiary/aromatic N) is 2. The number of carbonyl (C=O) groups is 1. The molecule has 0 saturated carbocycles. The van der Waals surface area contributed by atoms with Gasteiger partial charge in [0, 0.05) is 5.02 Å². The first kappa shape index (κ1) is 14.1. The molecule has 1 aromatic carbocycles. The molecule has 0 unspecified atom stereocenters. The lowest BCUT2D eigenvalue weighted by atomic mass is 10.3. The molecule has 0 aliphatic carbocycles. The maximum atomic E-state index is 11.8. The van der Waals surface area contributed by atoms with Crippen LogP contribution in [-0.4, -0.2) is 29.0 Å². The van der Waals surface area contributed by atoms with Gasteiger partial charge in [-0.2, -0.15) is 0 Å². The zero-order valence-electron chi connectivity index (χ0n) is 9.92. The van der Waals surface area contributed by atoms with Crippen molar-refractivity contribution in [3.05, 3.63) is 28.7 Å². The zero-order chi connectivity index (χ0) is 13.7. The molecule has 19 heavy (non-hydrogen) atoms. The molecule has 1 amide bonds. The second kappa shape index (κ2) is 6.74. The maximum Gasteiger partial charge on any atom is 0.234 e. The Labute approximate surface area is 123 Å². The molecular weight excluding hydrogens is 306 g/mol. The second-order valence-corrected chi connectivity index (χ2v) is 5.88. The van der Waals surface area contributed by atoms with E-state index in [-0.39, 0.29) is 11.7 Å². The van der Waals surface area contributed by atoms with E-state index in [0.717, 1.165) is 4.34 Å². The van der Waals surface area contributed by atoms with Crippen molar-refractivity contribution in [1.82, 2.24) is 10.2 Å². The molecule has 0 spiro atoms.